The van der Waals surface area contributed by atoms with Gasteiger partial charge in [0.15, 0.2) is 0 Å². The lowest BCUT2D eigenvalue weighted by atomic mass is 10.0. The first-order valence-corrected chi connectivity index (χ1v) is 12.3. The molecule has 0 saturated carbocycles. The van der Waals surface area contributed by atoms with E-state index in [9.17, 15) is 8.60 Å². The van der Waals surface area contributed by atoms with Gasteiger partial charge < -0.3 is 4.90 Å². The zero-order chi connectivity index (χ0) is 22.0. The zero-order valence-corrected chi connectivity index (χ0v) is 19.0. The van der Waals surface area contributed by atoms with E-state index in [-0.39, 0.29) is 9.92 Å². The Balaban J connectivity index is 1.51. The fraction of sp³-hybridized carbons (Fsp3) is 0.217. The highest BCUT2D eigenvalue weighted by Gasteiger charge is 2.21. The Labute approximate surface area is 192 Å². The standard InChI is InChI=1S/C23H22Cl2FN3OS/c24-18-10-11-23(20(26)14-18)31(27,30)28-12-3-13-29-21-5-2-1-4-16(21)6-7-17-8-9-19(25)15-22(17)29/h1-2,4-5,8-11,14-15H,3,6-7,12-13H2,(H2,27,28,30). The van der Waals surface area contributed by atoms with E-state index in [0.29, 0.717) is 24.5 Å². The lowest BCUT2D eigenvalue weighted by molar-refractivity contribution is 0.589. The summed E-state index contributed by atoms with van der Waals surface area (Å²) in [7, 11) is -3.47. The molecule has 0 saturated heterocycles. The Hall–Kier alpha value is -2.12. The summed E-state index contributed by atoms with van der Waals surface area (Å²) in [6.07, 6.45) is 2.47. The van der Waals surface area contributed by atoms with Crippen molar-refractivity contribution in [3.8, 4) is 0 Å². The number of hydrogen-bond acceptors (Lipinski definition) is 3. The van der Waals surface area contributed by atoms with Crippen LogP contribution in [0.5, 0.6) is 0 Å². The summed E-state index contributed by atoms with van der Waals surface area (Å²) in [6.45, 7) is 0.926. The van der Waals surface area contributed by atoms with Crippen LogP contribution in [0.15, 0.2) is 65.6 Å². The highest BCUT2D eigenvalue weighted by Crippen LogP contribution is 2.37. The number of benzene rings is 3. The Kier molecular flexibility index (Phi) is 6.53. The molecule has 8 heteroatoms. The first kappa shape index (κ1) is 22.1. The maximum absolute atomic E-state index is 14.1. The lowest BCUT2D eigenvalue weighted by Gasteiger charge is -2.27. The van der Waals surface area contributed by atoms with Gasteiger partial charge in [0, 0.05) is 34.5 Å². The van der Waals surface area contributed by atoms with Gasteiger partial charge in [0.25, 0.3) is 0 Å². The van der Waals surface area contributed by atoms with Crippen molar-refractivity contribution in [2.45, 2.75) is 24.2 Å². The molecule has 0 radical (unpaired) electrons. The predicted octanol–water partition coefficient (Wildman–Crippen LogP) is 6.37. The second-order valence-corrected chi connectivity index (χ2v) is 10.1. The first-order chi connectivity index (χ1) is 14.8. The summed E-state index contributed by atoms with van der Waals surface area (Å²) < 4.78 is 37.6. The summed E-state index contributed by atoms with van der Waals surface area (Å²) >= 11 is 12.0. The normalized spacial score (nSPS) is 15.0. The number of fused-ring (bicyclic) bond motifs is 2. The van der Waals surface area contributed by atoms with Gasteiger partial charge in [-0.15, -0.1) is 0 Å². The van der Waals surface area contributed by atoms with E-state index in [0.717, 1.165) is 30.3 Å². The molecule has 1 aliphatic heterocycles. The van der Waals surface area contributed by atoms with Gasteiger partial charge in [-0.2, -0.15) is 0 Å². The molecule has 1 aliphatic rings. The Bertz CT molecular complexity index is 1220. The molecule has 3 aromatic carbocycles. The molecule has 0 aliphatic carbocycles. The average Bonchev–Trinajstić information content (AvgIpc) is 2.87. The summed E-state index contributed by atoms with van der Waals surface area (Å²) in [4.78, 5) is 2.04. The molecule has 1 unspecified atom stereocenters. The molecule has 0 amide bonds. The number of nitrogens with zero attached hydrogens (tertiary/aromatic N) is 1. The molecule has 1 heterocycles. The van der Waals surface area contributed by atoms with Crippen LogP contribution in [0.1, 0.15) is 17.5 Å². The third-order valence-electron chi connectivity index (χ3n) is 5.35. The van der Waals surface area contributed by atoms with Crippen molar-refractivity contribution in [1.29, 1.82) is 4.78 Å². The second kappa shape index (κ2) is 9.17. The molecule has 4 rings (SSSR count). The molecular weight excluding hydrogens is 456 g/mol. The van der Waals surface area contributed by atoms with Gasteiger partial charge in [-0.25, -0.2) is 18.1 Å². The first-order valence-electron chi connectivity index (χ1n) is 9.97. The molecular formula is C23H22Cl2FN3OS. The van der Waals surface area contributed by atoms with E-state index in [1.165, 1.54) is 23.3 Å². The van der Waals surface area contributed by atoms with Gasteiger partial charge in [-0.05, 0) is 66.8 Å². The molecule has 0 fully saturated rings. The van der Waals surface area contributed by atoms with Crippen molar-refractivity contribution < 1.29 is 8.60 Å². The molecule has 0 aromatic heterocycles. The molecule has 4 nitrogen and oxygen atoms in total. The van der Waals surface area contributed by atoms with Gasteiger partial charge in [-0.1, -0.05) is 47.5 Å². The third kappa shape index (κ3) is 4.88. The van der Waals surface area contributed by atoms with Crippen LogP contribution in [0.3, 0.4) is 0 Å². The van der Waals surface area contributed by atoms with E-state index >= 15 is 0 Å². The number of hydrogen-bond donors (Lipinski definition) is 2. The maximum Gasteiger partial charge on any atom is 0.143 e. The fourth-order valence-electron chi connectivity index (χ4n) is 3.86. The zero-order valence-electron chi connectivity index (χ0n) is 16.7. The summed E-state index contributed by atoms with van der Waals surface area (Å²) in [6, 6.07) is 18.0. The van der Waals surface area contributed by atoms with Gasteiger partial charge in [0.1, 0.15) is 15.7 Å². The molecule has 3 aromatic rings. The fourth-order valence-corrected chi connectivity index (χ4v) is 5.37. The highest BCUT2D eigenvalue weighted by atomic mass is 35.5. The number of rotatable bonds is 6. The van der Waals surface area contributed by atoms with E-state index in [2.05, 4.69) is 27.8 Å². The average molecular weight is 478 g/mol. The summed E-state index contributed by atoms with van der Waals surface area (Å²) in [5.74, 6) is -0.745. The molecule has 2 N–H and O–H groups in total. The minimum absolute atomic E-state index is 0.186. The lowest BCUT2D eigenvalue weighted by Crippen LogP contribution is -2.28. The highest BCUT2D eigenvalue weighted by molar-refractivity contribution is 7.90. The van der Waals surface area contributed by atoms with Crippen LogP contribution in [0.25, 0.3) is 0 Å². The van der Waals surface area contributed by atoms with Crippen molar-refractivity contribution in [3.63, 3.8) is 0 Å². The van der Waals surface area contributed by atoms with Crippen LogP contribution in [0.4, 0.5) is 15.8 Å². The van der Waals surface area contributed by atoms with E-state index < -0.39 is 15.7 Å². The number of halogens is 3. The monoisotopic (exact) mass is 477 g/mol. The quantitative estimate of drug-likeness (QED) is 0.405. The van der Waals surface area contributed by atoms with Crippen molar-refractivity contribution in [2.24, 2.45) is 0 Å². The molecule has 0 bridgehead atoms. The van der Waals surface area contributed by atoms with Crippen LogP contribution in [0.2, 0.25) is 10.0 Å². The minimum atomic E-state index is -3.47. The SMILES string of the molecule is N=S(=O)(NCCCN1c2ccccc2CCc2ccc(Cl)cc21)c1ccc(Cl)cc1F. The van der Waals surface area contributed by atoms with Crippen LogP contribution < -0.4 is 9.62 Å². The smallest absolute Gasteiger partial charge is 0.143 e. The Morgan fingerprint density at radius 2 is 1.65 bits per heavy atom. The van der Waals surface area contributed by atoms with Gasteiger partial charge in [-0.3, -0.25) is 0 Å². The number of aryl methyl sites for hydroxylation is 2. The number of para-hydroxylation sites is 1. The van der Waals surface area contributed by atoms with Crippen LogP contribution in [0, 0.1) is 10.6 Å². The predicted molar refractivity (Wildman–Crippen MR) is 125 cm³/mol. The molecule has 1 atom stereocenters. The molecule has 31 heavy (non-hydrogen) atoms. The van der Waals surface area contributed by atoms with Gasteiger partial charge in [0.2, 0.25) is 0 Å². The number of anilines is 2. The largest absolute Gasteiger partial charge is 0.341 e. The molecule has 162 valence electrons. The second-order valence-electron chi connectivity index (χ2n) is 7.43. The van der Waals surface area contributed by atoms with Gasteiger partial charge in [0.05, 0.1) is 4.90 Å². The summed E-state index contributed by atoms with van der Waals surface area (Å²) in [5, 5.41) is 0.877. The summed E-state index contributed by atoms with van der Waals surface area (Å²) in [5.41, 5.74) is 4.67. The van der Waals surface area contributed by atoms with Gasteiger partial charge >= 0.3 is 0 Å². The topological polar surface area (TPSA) is 56.2 Å². The Morgan fingerprint density at radius 3 is 2.42 bits per heavy atom. The maximum atomic E-state index is 14.1. The van der Waals surface area contributed by atoms with Crippen LogP contribution >= 0.6 is 23.2 Å². The van der Waals surface area contributed by atoms with Crippen molar-refractivity contribution in [1.82, 2.24) is 4.72 Å². The van der Waals surface area contributed by atoms with Crippen LogP contribution in [-0.2, 0) is 22.8 Å². The van der Waals surface area contributed by atoms with Crippen LogP contribution in [-0.4, -0.2) is 17.3 Å². The van der Waals surface area contributed by atoms with E-state index in [4.69, 9.17) is 28.0 Å². The van der Waals surface area contributed by atoms with Crippen molar-refractivity contribution >= 4 is 44.5 Å². The van der Waals surface area contributed by atoms with E-state index in [1.807, 2.05) is 24.3 Å². The number of nitrogens with one attached hydrogen (secondary N) is 2. The minimum Gasteiger partial charge on any atom is -0.341 e. The third-order valence-corrected chi connectivity index (χ3v) is 7.38. The van der Waals surface area contributed by atoms with Crippen molar-refractivity contribution in [2.75, 3.05) is 18.0 Å². The Morgan fingerprint density at radius 1 is 0.968 bits per heavy atom. The van der Waals surface area contributed by atoms with E-state index in [1.54, 1.807) is 0 Å². The molecule has 0 spiro atoms. The van der Waals surface area contributed by atoms with Crippen molar-refractivity contribution in [3.05, 3.63) is 87.7 Å².